The molecule has 0 aromatic heterocycles. The van der Waals surface area contributed by atoms with E-state index < -0.39 is 0 Å². The van der Waals surface area contributed by atoms with Crippen LogP contribution in [0, 0.1) is 0 Å². The second-order valence-electron chi connectivity index (χ2n) is 3.61. The molecule has 78 valence electrons. The number of rotatable bonds is 1. The van der Waals surface area contributed by atoms with Gasteiger partial charge in [-0.1, -0.05) is 36.4 Å². The highest BCUT2D eigenvalue weighted by Gasteiger charge is 2.11. The summed E-state index contributed by atoms with van der Waals surface area (Å²) in [5.41, 5.74) is 2.50. The number of fused-ring (bicyclic) bond motifs is 1. The van der Waals surface area contributed by atoms with Gasteiger partial charge in [0.15, 0.2) is 0 Å². The molecule has 1 heterocycles. The first-order chi connectivity index (χ1) is 7.93. The third-order valence-corrected chi connectivity index (χ3v) is 3.61. The third-order valence-electron chi connectivity index (χ3n) is 2.52. The Morgan fingerprint density at radius 3 is 2.44 bits per heavy atom. The van der Waals surface area contributed by atoms with E-state index in [0.717, 1.165) is 0 Å². The van der Waals surface area contributed by atoms with Crippen molar-refractivity contribution in [2.24, 2.45) is 0 Å². The number of hydrogen-bond acceptors (Lipinski definition) is 2. The van der Waals surface area contributed by atoms with Crippen molar-refractivity contribution >= 4 is 23.7 Å². The Kier molecular flexibility index (Phi) is 2.43. The van der Waals surface area contributed by atoms with Crippen LogP contribution in [0.1, 0.15) is 5.56 Å². The lowest BCUT2D eigenvalue weighted by Crippen LogP contribution is -2.08. The summed E-state index contributed by atoms with van der Waals surface area (Å²) in [5.74, 6) is 0. The van der Waals surface area contributed by atoms with Crippen molar-refractivity contribution in [2.75, 3.05) is 4.31 Å². The number of hydrogen-bond donors (Lipinski definition) is 0. The molecule has 0 radical (unpaired) electrons. The molecule has 0 amide bonds. The molecule has 0 aliphatic carbocycles. The van der Waals surface area contributed by atoms with Gasteiger partial charge in [0.1, 0.15) is 0 Å². The van der Waals surface area contributed by atoms with Crippen LogP contribution < -0.4 is 4.31 Å². The van der Waals surface area contributed by atoms with Gasteiger partial charge in [-0.25, -0.2) is 0 Å². The predicted octanol–water partition coefficient (Wildman–Crippen LogP) is 4.18. The fraction of sp³-hybridized carbons (Fsp3) is 0. The lowest BCUT2D eigenvalue weighted by atomic mass is 10.2. The van der Waals surface area contributed by atoms with E-state index in [4.69, 9.17) is 0 Å². The first kappa shape index (κ1) is 9.55. The Balaban J connectivity index is 1.95. The molecule has 0 fully saturated rings. The monoisotopic (exact) mass is 225 g/mol. The van der Waals surface area contributed by atoms with Crippen molar-refractivity contribution in [1.29, 1.82) is 0 Å². The zero-order valence-electron chi connectivity index (χ0n) is 8.71. The second kappa shape index (κ2) is 4.06. The maximum atomic E-state index is 2.18. The molecular formula is C14H11NS. The van der Waals surface area contributed by atoms with E-state index in [1.807, 2.05) is 6.07 Å². The molecule has 2 heteroatoms. The fourth-order valence-corrected chi connectivity index (χ4v) is 2.64. The van der Waals surface area contributed by atoms with Crippen LogP contribution in [0.25, 0.3) is 6.08 Å². The van der Waals surface area contributed by atoms with Gasteiger partial charge < -0.3 is 0 Å². The van der Waals surface area contributed by atoms with E-state index in [9.17, 15) is 0 Å². The minimum Gasteiger partial charge on any atom is -0.288 e. The zero-order valence-corrected chi connectivity index (χ0v) is 9.52. The standard InChI is InChI=1S/C14H11NS/c1-2-7-13(8-3-1)15-11-10-12-6-4-5-9-14(12)16-15/h1-11H. The van der Waals surface area contributed by atoms with Gasteiger partial charge in [0, 0.05) is 11.1 Å². The molecule has 0 atom stereocenters. The summed E-state index contributed by atoms with van der Waals surface area (Å²) in [5, 5.41) is 0. The van der Waals surface area contributed by atoms with Gasteiger partial charge in [-0.3, -0.25) is 4.31 Å². The topological polar surface area (TPSA) is 3.24 Å². The van der Waals surface area contributed by atoms with E-state index in [-0.39, 0.29) is 0 Å². The van der Waals surface area contributed by atoms with Crippen molar-refractivity contribution in [3.63, 3.8) is 0 Å². The highest BCUT2D eigenvalue weighted by Crippen LogP contribution is 2.35. The van der Waals surface area contributed by atoms with Crippen molar-refractivity contribution in [3.05, 3.63) is 66.4 Å². The summed E-state index contributed by atoms with van der Waals surface area (Å²) in [6.07, 6.45) is 4.27. The van der Waals surface area contributed by atoms with Crippen LogP contribution in [0.3, 0.4) is 0 Å². The van der Waals surface area contributed by atoms with Crippen molar-refractivity contribution in [1.82, 2.24) is 0 Å². The van der Waals surface area contributed by atoms with Crippen molar-refractivity contribution < 1.29 is 0 Å². The lowest BCUT2D eigenvalue weighted by Gasteiger charge is -2.23. The van der Waals surface area contributed by atoms with Gasteiger partial charge in [-0.15, -0.1) is 0 Å². The predicted molar refractivity (Wildman–Crippen MR) is 70.3 cm³/mol. The summed E-state index contributed by atoms with van der Waals surface area (Å²) in [6, 6.07) is 18.8. The smallest absolute Gasteiger partial charge is 0.0521 e. The van der Waals surface area contributed by atoms with E-state index in [1.165, 1.54) is 16.1 Å². The number of anilines is 1. The van der Waals surface area contributed by atoms with Crippen LogP contribution in [0.15, 0.2) is 65.7 Å². The normalized spacial score (nSPS) is 13.6. The quantitative estimate of drug-likeness (QED) is 0.670. The average Bonchev–Trinajstić information content (AvgIpc) is 2.39. The Morgan fingerprint density at radius 1 is 0.812 bits per heavy atom. The van der Waals surface area contributed by atoms with Crippen molar-refractivity contribution in [3.8, 4) is 0 Å². The van der Waals surface area contributed by atoms with Gasteiger partial charge in [-0.05, 0) is 41.8 Å². The SMILES string of the molecule is C1=CN(c2ccccc2)Sc2ccccc21. The Labute approximate surface area is 99.5 Å². The molecule has 1 aliphatic rings. The molecule has 0 spiro atoms. The van der Waals surface area contributed by atoms with Crippen molar-refractivity contribution in [2.45, 2.75) is 4.90 Å². The van der Waals surface area contributed by atoms with Gasteiger partial charge in [-0.2, -0.15) is 0 Å². The average molecular weight is 225 g/mol. The Bertz CT molecular complexity index is 519. The molecule has 2 aromatic carbocycles. The van der Waals surface area contributed by atoms with E-state index in [0.29, 0.717) is 0 Å². The molecule has 0 N–H and O–H groups in total. The first-order valence-corrected chi connectivity index (χ1v) is 6.00. The summed E-state index contributed by atoms with van der Waals surface area (Å²) in [4.78, 5) is 1.30. The Hall–Kier alpha value is -1.67. The lowest BCUT2D eigenvalue weighted by molar-refractivity contribution is 1.35. The van der Waals surface area contributed by atoms with E-state index in [1.54, 1.807) is 11.9 Å². The number of para-hydroxylation sites is 1. The molecular weight excluding hydrogens is 214 g/mol. The molecule has 0 saturated heterocycles. The largest absolute Gasteiger partial charge is 0.288 e. The van der Waals surface area contributed by atoms with Crippen LogP contribution in [0.4, 0.5) is 5.69 Å². The van der Waals surface area contributed by atoms with Crippen LogP contribution in [-0.4, -0.2) is 0 Å². The summed E-state index contributed by atoms with van der Waals surface area (Å²) in [6.45, 7) is 0. The molecule has 1 nitrogen and oxygen atoms in total. The van der Waals surface area contributed by atoms with E-state index in [2.05, 4.69) is 65.1 Å². The zero-order chi connectivity index (χ0) is 10.8. The fourth-order valence-electron chi connectivity index (χ4n) is 1.70. The first-order valence-electron chi connectivity index (χ1n) is 5.23. The Morgan fingerprint density at radius 2 is 1.56 bits per heavy atom. The molecule has 1 aliphatic heterocycles. The molecule has 0 unspecified atom stereocenters. The van der Waals surface area contributed by atoms with Crippen LogP contribution in [0.5, 0.6) is 0 Å². The minimum atomic E-state index is 1.21. The third kappa shape index (κ3) is 1.72. The summed E-state index contributed by atoms with van der Waals surface area (Å²) in [7, 11) is 0. The molecule has 0 bridgehead atoms. The van der Waals surface area contributed by atoms with Gasteiger partial charge in [0.05, 0.1) is 5.69 Å². The summed E-state index contributed by atoms with van der Waals surface area (Å²) >= 11 is 1.76. The van der Waals surface area contributed by atoms with Gasteiger partial charge >= 0.3 is 0 Å². The van der Waals surface area contributed by atoms with Crippen LogP contribution in [0.2, 0.25) is 0 Å². The highest BCUT2D eigenvalue weighted by atomic mass is 32.2. The minimum absolute atomic E-state index is 1.21. The molecule has 3 rings (SSSR count). The van der Waals surface area contributed by atoms with Crippen LogP contribution >= 0.6 is 11.9 Å². The van der Waals surface area contributed by atoms with Crippen LogP contribution in [-0.2, 0) is 0 Å². The maximum Gasteiger partial charge on any atom is 0.0521 e. The highest BCUT2D eigenvalue weighted by molar-refractivity contribution is 8.01. The number of nitrogens with zero attached hydrogens (tertiary/aromatic N) is 1. The summed E-state index contributed by atoms with van der Waals surface area (Å²) < 4.78 is 2.18. The maximum absolute atomic E-state index is 2.18. The molecule has 2 aromatic rings. The van der Waals surface area contributed by atoms with E-state index >= 15 is 0 Å². The van der Waals surface area contributed by atoms with Gasteiger partial charge in [0.2, 0.25) is 0 Å². The van der Waals surface area contributed by atoms with Gasteiger partial charge in [0.25, 0.3) is 0 Å². The number of benzene rings is 2. The second-order valence-corrected chi connectivity index (χ2v) is 4.62. The molecule has 16 heavy (non-hydrogen) atoms. The molecule has 0 saturated carbocycles.